The van der Waals surface area contributed by atoms with E-state index >= 15 is 0 Å². The summed E-state index contributed by atoms with van der Waals surface area (Å²) in [5.74, 6) is 0.467. The summed E-state index contributed by atoms with van der Waals surface area (Å²) in [5.41, 5.74) is 8.85. The van der Waals surface area contributed by atoms with E-state index in [1.807, 2.05) is 12.1 Å². The van der Waals surface area contributed by atoms with Crippen molar-refractivity contribution in [3.63, 3.8) is 0 Å². The molecule has 1 aromatic heterocycles. The van der Waals surface area contributed by atoms with Crippen molar-refractivity contribution in [1.29, 1.82) is 0 Å². The number of nitrogens with one attached hydrogen (secondary N) is 1. The monoisotopic (exact) mass is 362 g/mol. The predicted octanol–water partition coefficient (Wildman–Crippen LogP) is 5.39. The molecule has 3 N–H and O–H groups in total. The van der Waals surface area contributed by atoms with Gasteiger partial charge in [-0.2, -0.15) is 0 Å². The summed E-state index contributed by atoms with van der Waals surface area (Å²) in [6.07, 6.45) is 3.02. The first-order valence-corrected chi connectivity index (χ1v) is 9.42. The molecular formula is C19H23ClN2OS. The van der Waals surface area contributed by atoms with Gasteiger partial charge in [-0.15, -0.1) is 11.3 Å². The molecule has 1 aliphatic carbocycles. The molecule has 0 radical (unpaired) electrons. The summed E-state index contributed by atoms with van der Waals surface area (Å²) < 4.78 is 0. The van der Waals surface area contributed by atoms with Crippen molar-refractivity contribution in [3.05, 3.63) is 45.3 Å². The lowest BCUT2D eigenvalue weighted by atomic mass is 9.72. The minimum atomic E-state index is -0.160. The topological polar surface area (TPSA) is 55.1 Å². The number of amides is 1. The third-order valence-corrected chi connectivity index (χ3v) is 6.28. The molecule has 2 aromatic rings. The Morgan fingerprint density at radius 2 is 2.04 bits per heavy atom. The lowest BCUT2D eigenvalue weighted by Gasteiger charge is -2.33. The van der Waals surface area contributed by atoms with Crippen LogP contribution in [-0.2, 0) is 12.8 Å². The number of benzene rings is 1. The molecule has 5 heteroatoms. The highest BCUT2D eigenvalue weighted by atomic mass is 35.5. The van der Waals surface area contributed by atoms with Gasteiger partial charge in [-0.05, 0) is 48.3 Å². The van der Waals surface area contributed by atoms with Gasteiger partial charge in [0.2, 0.25) is 0 Å². The summed E-state index contributed by atoms with van der Waals surface area (Å²) in [6, 6.07) is 7.25. The van der Waals surface area contributed by atoms with Crippen molar-refractivity contribution in [1.82, 2.24) is 0 Å². The second-order valence-corrected chi connectivity index (χ2v) is 9.03. The van der Waals surface area contributed by atoms with Crippen LogP contribution < -0.4 is 11.1 Å². The molecule has 0 unspecified atom stereocenters. The molecule has 1 atom stereocenters. The Morgan fingerprint density at radius 3 is 2.71 bits per heavy atom. The summed E-state index contributed by atoms with van der Waals surface area (Å²) >= 11 is 7.70. The number of anilines is 2. The van der Waals surface area contributed by atoms with Crippen LogP contribution in [0.1, 0.15) is 48.0 Å². The molecule has 0 saturated heterocycles. The first-order valence-electron chi connectivity index (χ1n) is 8.23. The van der Waals surface area contributed by atoms with Gasteiger partial charge in [0.1, 0.15) is 0 Å². The fourth-order valence-corrected chi connectivity index (χ4v) is 4.72. The first-order chi connectivity index (χ1) is 11.3. The number of fused-ring (bicyclic) bond motifs is 1. The van der Waals surface area contributed by atoms with E-state index in [1.165, 1.54) is 4.88 Å². The Morgan fingerprint density at radius 1 is 1.33 bits per heavy atom. The molecule has 0 aliphatic heterocycles. The number of nitrogens with two attached hydrogens (primary N) is 1. The second kappa shape index (κ2) is 6.41. The van der Waals surface area contributed by atoms with Crippen molar-refractivity contribution in [2.75, 3.05) is 11.1 Å². The van der Waals surface area contributed by atoms with E-state index in [2.05, 4.69) is 26.1 Å². The number of para-hydroxylation sites is 1. The number of nitrogen functional groups attached to an aromatic ring is 1. The Bertz CT molecular complexity index is 776. The fourth-order valence-electron chi connectivity index (χ4n) is 3.34. The summed E-state index contributed by atoms with van der Waals surface area (Å²) in [7, 11) is 0. The van der Waals surface area contributed by atoms with Crippen LogP contribution in [0.15, 0.2) is 24.3 Å². The Hall–Kier alpha value is -1.52. The molecule has 24 heavy (non-hydrogen) atoms. The average Bonchev–Trinajstić information content (AvgIpc) is 2.83. The fraction of sp³-hybridized carbons (Fsp3) is 0.421. The zero-order chi connectivity index (χ0) is 17.5. The number of carbonyl (C=O) groups excluding carboxylic acids is 1. The molecule has 1 aliphatic rings. The summed E-state index contributed by atoms with van der Waals surface area (Å²) in [4.78, 5) is 14.0. The third kappa shape index (κ3) is 3.31. The molecule has 0 saturated carbocycles. The van der Waals surface area contributed by atoms with Gasteiger partial charge in [0.15, 0.2) is 0 Å². The smallest absolute Gasteiger partial charge is 0.258 e. The van der Waals surface area contributed by atoms with Crippen LogP contribution in [0.25, 0.3) is 0 Å². The van der Waals surface area contributed by atoms with Gasteiger partial charge in [0, 0.05) is 4.88 Å². The number of hydrogen-bond acceptors (Lipinski definition) is 3. The molecule has 3 rings (SSSR count). The van der Waals surface area contributed by atoms with Crippen LogP contribution in [-0.4, -0.2) is 5.91 Å². The average molecular weight is 363 g/mol. The van der Waals surface area contributed by atoms with Crippen LogP contribution in [0.5, 0.6) is 0 Å². The van der Waals surface area contributed by atoms with E-state index in [4.69, 9.17) is 17.3 Å². The lowest BCUT2D eigenvalue weighted by molar-refractivity contribution is 0.102. The standard InChI is InChI=1S/C19H23ClN2OS/c1-19(2,3)11-8-9-12-15(10-11)24-17(21)16(12)18(23)22-14-7-5-4-6-13(14)20/h4-7,11H,8-10,21H2,1-3H3,(H,22,23)/t11-/m1/s1. The van der Waals surface area contributed by atoms with Crippen molar-refractivity contribution >= 4 is 39.5 Å². The highest BCUT2D eigenvalue weighted by Crippen LogP contribution is 2.43. The van der Waals surface area contributed by atoms with Crippen molar-refractivity contribution in [2.24, 2.45) is 11.3 Å². The maximum atomic E-state index is 12.8. The van der Waals surface area contributed by atoms with E-state index in [0.29, 0.717) is 27.2 Å². The van der Waals surface area contributed by atoms with Gasteiger partial charge in [-0.3, -0.25) is 4.79 Å². The molecule has 0 fully saturated rings. The van der Waals surface area contributed by atoms with E-state index in [9.17, 15) is 4.79 Å². The molecule has 0 bridgehead atoms. The second-order valence-electron chi connectivity index (χ2n) is 7.48. The molecule has 0 spiro atoms. The Balaban J connectivity index is 1.87. The Labute approximate surface area is 152 Å². The van der Waals surface area contributed by atoms with Gasteiger partial charge in [0.05, 0.1) is 21.3 Å². The normalized spacial score (nSPS) is 17.4. The minimum Gasteiger partial charge on any atom is -0.390 e. The molecule has 1 heterocycles. The van der Waals surface area contributed by atoms with E-state index < -0.39 is 0 Å². The lowest BCUT2D eigenvalue weighted by Crippen LogP contribution is -2.27. The van der Waals surface area contributed by atoms with Gasteiger partial charge < -0.3 is 11.1 Å². The van der Waals surface area contributed by atoms with Gasteiger partial charge in [-0.25, -0.2) is 0 Å². The Kier molecular flexibility index (Phi) is 4.63. The largest absolute Gasteiger partial charge is 0.390 e. The van der Waals surface area contributed by atoms with Crippen LogP contribution in [0, 0.1) is 11.3 Å². The molecule has 128 valence electrons. The maximum absolute atomic E-state index is 12.8. The highest BCUT2D eigenvalue weighted by Gasteiger charge is 2.33. The SMILES string of the molecule is CC(C)(C)[C@@H]1CCc2c(sc(N)c2C(=O)Nc2ccccc2Cl)C1. The molecule has 1 aromatic carbocycles. The summed E-state index contributed by atoms with van der Waals surface area (Å²) in [5, 5.41) is 4.04. The zero-order valence-corrected chi connectivity index (χ0v) is 15.9. The van der Waals surface area contributed by atoms with E-state index in [1.54, 1.807) is 23.5 Å². The van der Waals surface area contributed by atoms with E-state index in [0.717, 1.165) is 24.8 Å². The highest BCUT2D eigenvalue weighted by molar-refractivity contribution is 7.16. The zero-order valence-electron chi connectivity index (χ0n) is 14.3. The van der Waals surface area contributed by atoms with Crippen molar-refractivity contribution in [3.8, 4) is 0 Å². The van der Waals surface area contributed by atoms with Crippen molar-refractivity contribution < 1.29 is 4.79 Å². The number of halogens is 1. The number of carbonyl (C=O) groups is 1. The van der Waals surface area contributed by atoms with Gasteiger partial charge >= 0.3 is 0 Å². The number of hydrogen-bond donors (Lipinski definition) is 2. The van der Waals surface area contributed by atoms with Crippen LogP contribution in [0.4, 0.5) is 10.7 Å². The van der Waals surface area contributed by atoms with Crippen LogP contribution in [0.2, 0.25) is 5.02 Å². The van der Waals surface area contributed by atoms with Crippen molar-refractivity contribution in [2.45, 2.75) is 40.0 Å². The van der Waals surface area contributed by atoms with Gasteiger partial charge in [0.25, 0.3) is 5.91 Å². The predicted molar refractivity (Wildman–Crippen MR) is 103 cm³/mol. The van der Waals surface area contributed by atoms with E-state index in [-0.39, 0.29) is 11.3 Å². The third-order valence-electron chi connectivity index (χ3n) is 4.87. The number of thiophene rings is 1. The molecule has 3 nitrogen and oxygen atoms in total. The quantitative estimate of drug-likeness (QED) is 0.752. The first kappa shape index (κ1) is 17.3. The maximum Gasteiger partial charge on any atom is 0.258 e. The minimum absolute atomic E-state index is 0.160. The number of rotatable bonds is 2. The summed E-state index contributed by atoms with van der Waals surface area (Å²) in [6.45, 7) is 6.85. The molecular weight excluding hydrogens is 340 g/mol. The van der Waals surface area contributed by atoms with Crippen LogP contribution in [0.3, 0.4) is 0 Å². The van der Waals surface area contributed by atoms with Crippen LogP contribution >= 0.6 is 22.9 Å². The molecule has 1 amide bonds. The van der Waals surface area contributed by atoms with Gasteiger partial charge in [-0.1, -0.05) is 44.5 Å².